The Morgan fingerprint density at radius 3 is 2.34 bits per heavy atom. The molecule has 1 fully saturated rings. The van der Waals surface area contributed by atoms with Gasteiger partial charge in [0.2, 0.25) is 5.91 Å². The van der Waals surface area contributed by atoms with Crippen molar-refractivity contribution in [3.8, 4) is 5.75 Å². The van der Waals surface area contributed by atoms with Crippen molar-refractivity contribution in [3.05, 3.63) is 54.0 Å². The van der Waals surface area contributed by atoms with E-state index in [-0.39, 0.29) is 18.4 Å². The smallest absolute Gasteiger partial charge is 0.289 e. The quantitative estimate of drug-likeness (QED) is 0.682. The number of hydrogen-bond donors (Lipinski definition) is 0. The molecule has 1 saturated heterocycles. The normalized spacial score (nSPS) is 14.6. The number of benzene rings is 1. The zero-order valence-corrected chi connectivity index (χ0v) is 17.2. The van der Waals surface area contributed by atoms with Crippen LogP contribution in [-0.2, 0) is 11.4 Å². The number of rotatable bonds is 8. The highest BCUT2D eigenvalue weighted by molar-refractivity contribution is 5.91. The first-order valence-corrected chi connectivity index (χ1v) is 10.2. The fourth-order valence-corrected chi connectivity index (χ4v) is 3.37. The number of para-hydroxylation sites is 1. The van der Waals surface area contributed by atoms with Gasteiger partial charge in [-0.25, -0.2) is 0 Å². The zero-order valence-electron chi connectivity index (χ0n) is 17.2. The molecule has 1 aliphatic heterocycles. The molecule has 0 bridgehead atoms. The van der Waals surface area contributed by atoms with Gasteiger partial charge in [-0.3, -0.25) is 14.5 Å². The van der Waals surface area contributed by atoms with Crippen LogP contribution < -0.4 is 4.74 Å². The van der Waals surface area contributed by atoms with Crippen molar-refractivity contribution >= 4 is 11.8 Å². The molecule has 7 nitrogen and oxygen atoms in total. The molecule has 0 unspecified atom stereocenters. The molecule has 2 amide bonds. The lowest BCUT2D eigenvalue weighted by Gasteiger charge is -2.34. The van der Waals surface area contributed by atoms with Crippen LogP contribution in [-0.4, -0.2) is 72.3 Å². The Balaban J connectivity index is 1.47. The topological polar surface area (TPSA) is 66.2 Å². The number of carbonyl (C=O) groups excluding carboxylic acids is 2. The highest BCUT2D eigenvalue weighted by Crippen LogP contribution is 2.16. The minimum absolute atomic E-state index is 0.120. The SMILES string of the molecule is CCN(CC)C(=O)CN1CCN(C(=O)c2ccc(COc3ccccc3)o2)CC1. The molecule has 1 aromatic heterocycles. The van der Waals surface area contributed by atoms with E-state index < -0.39 is 0 Å². The number of amides is 2. The van der Waals surface area contributed by atoms with Crippen molar-refractivity contribution in [1.29, 1.82) is 0 Å². The van der Waals surface area contributed by atoms with E-state index in [1.54, 1.807) is 17.0 Å². The molecule has 1 aliphatic rings. The number of likely N-dealkylation sites (N-methyl/N-ethyl adjacent to an activating group) is 1. The van der Waals surface area contributed by atoms with Gasteiger partial charge in [-0.15, -0.1) is 0 Å². The highest BCUT2D eigenvalue weighted by atomic mass is 16.5. The van der Waals surface area contributed by atoms with Gasteiger partial charge in [0.15, 0.2) is 5.76 Å². The Bertz CT molecular complexity index is 793. The second-order valence-corrected chi connectivity index (χ2v) is 7.00. The Labute approximate surface area is 171 Å². The van der Waals surface area contributed by atoms with Crippen molar-refractivity contribution < 1.29 is 18.7 Å². The van der Waals surface area contributed by atoms with Gasteiger partial charge in [-0.1, -0.05) is 18.2 Å². The predicted octanol–water partition coefficient (Wildman–Crippen LogP) is 2.48. The lowest BCUT2D eigenvalue weighted by atomic mass is 10.2. The van der Waals surface area contributed by atoms with Crippen molar-refractivity contribution in [1.82, 2.24) is 14.7 Å². The Morgan fingerprint density at radius 2 is 1.69 bits per heavy atom. The van der Waals surface area contributed by atoms with Crippen LogP contribution in [0.1, 0.15) is 30.2 Å². The van der Waals surface area contributed by atoms with Crippen LogP contribution in [0.4, 0.5) is 0 Å². The number of nitrogens with zero attached hydrogens (tertiary/aromatic N) is 3. The largest absolute Gasteiger partial charge is 0.486 e. The molecular weight excluding hydrogens is 370 g/mol. The first-order chi connectivity index (χ1) is 14.1. The van der Waals surface area contributed by atoms with E-state index in [9.17, 15) is 9.59 Å². The summed E-state index contributed by atoms with van der Waals surface area (Å²) in [6.07, 6.45) is 0. The minimum atomic E-state index is -0.120. The average molecular weight is 399 g/mol. The molecule has 2 aromatic rings. The summed E-state index contributed by atoms with van der Waals surface area (Å²) in [6.45, 7) is 8.64. The van der Waals surface area contributed by atoms with E-state index in [2.05, 4.69) is 4.90 Å². The number of hydrogen-bond acceptors (Lipinski definition) is 5. The maximum Gasteiger partial charge on any atom is 0.289 e. The fourth-order valence-electron chi connectivity index (χ4n) is 3.37. The van der Waals surface area contributed by atoms with Gasteiger partial charge in [-0.2, -0.15) is 0 Å². The fraction of sp³-hybridized carbons (Fsp3) is 0.455. The third-order valence-electron chi connectivity index (χ3n) is 5.13. The maximum atomic E-state index is 12.7. The average Bonchev–Trinajstić information content (AvgIpc) is 3.23. The molecule has 0 radical (unpaired) electrons. The van der Waals surface area contributed by atoms with Gasteiger partial charge in [0.05, 0.1) is 6.54 Å². The molecule has 0 N–H and O–H groups in total. The number of carbonyl (C=O) groups is 2. The highest BCUT2D eigenvalue weighted by Gasteiger charge is 2.26. The molecule has 156 valence electrons. The number of furan rings is 1. The van der Waals surface area contributed by atoms with E-state index >= 15 is 0 Å². The van der Waals surface area contributed by atoms with Crippen molar-refractivity contribution in [2.24, 2.45) is 0 Å². The van der Waals surface area contributed by atoms with Gasteiger partial charge in [0.25, 0.3) is 5.91 Å². The van der Waals surface area contributed by atoms with E-state index in [0.29, 0.717) is 44.2 Å². The zero-order chi connectivity index (χ0) is 20.6. The summed E-state index contributed by atoms with van der Waals surface area (Å²) in [5, 5.41) is 0. The van der Waals surface area contributed by atoms with Gasteiger partial charge in [-0.05, 0) is 38.1 Å². The van der Waals surface area contributed by atoms with Gasteiger partial charge in [0.1, 0.15) is 18.1 Å². The number of piperazine rings is 1. The molecule has 0 spiro atoms. The van der Waals surface area contributed by atoms with Crippen LogP contribution in [0.3, 0.4) is 0 Å². The van der Waals surface area contributed by atoms with Crippen LogP contribution in [0, 0.1) is 0 Å². The second-order valence-electron chi connectivity index (χ2n) is 7.00. The molecular formula is C22H29N3O4. The van der Waals surface area contributed by atoms with E-state index in [1.807, 2.05) is 49.1 Å². The predicted molar refractivity (Wildman–Crippen MR) is 110 cm³/mol. The van der Waals surface area contributed by atoms with Crippen molar-refractivity contribution in [2.75, 3.05) is 45.8 Å². The summed E-state index contributed by atoms with van der Waals surface area (Å²) in [5.74, 6) is 1.71. The number of ether oxygens (including phenoxy) is 1. The second kappa shape index (κ2) is 10.1. The Hall–Kier alpha value is -2.80. The van der Waals surface area contributed by atoms with Crippen LogP contribution in [0.2, 0.25) is 0 Å². The molecule has 7 heteroatoms. The molecule has 0 aliphatic carbocycles. The molecule has 1 aromatic carbocycles. The summed E-state index contributed by atoms with van der Waals surface area (Å²) < 4.78 is 11.3. The Kier molecular flexibility index (Phi) is 7.30. The van der Waals surface area contributed by atoms with Crippen LogP contribution >= 0.6 is 0 Å². The van der Waals surface area contributed by atoms with Crippen LogP contribution in [0.25, 0.3) is 0 Å². The lowest BCUT2D eigenvalue weighted by molar-refractivity contribution is -0.132. The first-order valence-electron chi connectivity index (χ1n) is 10.2. The monoisotopic (exact) mass is 399 g/mol. The third-order valence-corrected chi connectivity index (χ3v) is 5.13. The maximum absolute atomic E-state index is 12.7. The summed E-state index contributed by atoms with van der Waals surface area (Å²) >= 11 is 0. The summed E-state index contributed by atoms with van der Waals surface area (Å²) in [4.78, 5) is 30.7. The van der Waals surface area contributed by atoms with Crippen molar-refractivity contribution in [3.63, 3.8) is 0 Å². The van der Waals surface area contributed by atoms with Crippen LogP contribution in [0.5, 0.6) is 5.75 Å². The first kappa shape index (κ1) is 20.9. The molecule has 0 atom stereocenters. The van der Waals surface area contributed by atoms with E-state index in [0.717, 1.165) is 18.8 Å². The minimum Gasteiger partial charge on any atom is -0.486 e. The third kappa shape index (κ3) is 5.60. The molecule has 2 heterocycles. The summed E-state index contributed by atoms with van der Waals surface area (Å²) in [6, 6.07) is 13.0. The lowest BCUT2D eigenvalue weighted by Crippen LogP contribution is -2.51. The molecule has 29 heavy (non-hydrogen) atoms. The standard InChI is InChI=1S/C22H29N3O4/c1-3-24(4-2)21(26)16-23-12-14-25(15-13-23)22(27)20-11-10-19(29-20)17-28-18-8-6-5-7-9-18/h5-11H,3-4,12-17H2,1-2H3. The van der Waals surface area contributed by atoms with E-state index in [4.69, 9.17) is 9.15 Å². The summed E-state index contributed by atoms with van der Waals surface area (Å²) in [7, 11) is 0. The summed E-state index contributed by atoms with van der Waals surface area (Å²) in [5.41, 5.74) is 0. The molecule has 0 saturated carbocycles. The van der Waals surface area contributed by atoms with Crippen LogP contribution in [0.15, 0.2) is 46.9 Å². The molecule has 3 rings (SSSR count). The van der Waals surface area contributed by atoms with Gasteiger partial charge >= 0.3 is 0 Å². The van der Waals surface area contributed by atoms with Gasteiger partial charge in [0, 0.05) is 39.3 Å². The van der Waals surface area contributed by atoms with Crippen molar-refractivity contribution in [2.45, 2.75) is 20.5 Å². The Morgan fingerprint density at radius 1 is 1.00 bits per heavy atom. The van der Waals surface area contributed by atoms with E-state index in [1.165, 1.54) is 0 Å². The van der Waals surface area contributed by atoms with Gasteiger partial charge < -0.3 is 19.0 Å².